The van der Waals surface area contributed by atoms with Crippen LogP contribution in [0.1, 0.15) is 12.5 Å². The maximum atomic E-state index is 12.5. The van der Waals surface area contributed by atoms with Crippen LogP contribution in [0, 0.1) is 0 Å². The Hall–Kier alpha value is -2.42. The third kappa shape index (κ3) is 4.77. The molecule has 156 valence electrons. The smallest absolute Gasteiger partial charge is 0.351 e. The highest BCUT2D eigenvalue weighted by Gasteiger charge is 2.21. The van der Waals surface area contributed by atoms with E-state index in [1.165, 1.54) is 0 Å². The monoisotopic (exact) mass is 402 g/mol. The van der Waals surface area contributed by atoms with Crippen molar-refractivity contribution in [3.05, 3.63) is 40.3 Å². The van der Waals surface area contributed by atoms with Crippen molar-refractivity contribution < 1.29 is 23.7 Å². The molecule has 0 unspecified atom stereocenters. The lowest BCUT2D eigenvalue weighted by molar-refractivity contribution is -0.102. The molecule has 0 bridgehead atoms. The SMILES string of the molecule is CCOCCOc1ccc2c(c1)CCn1c-2cc(OC[C@@H]2COCCO2)nc1=O. The van der Waals surface area contributed by atoms with Gasteiger partial charge in [0, 0.05) is 24.8 Å². The van der Waals surface area contributed by atoms with Crippen LogP contribution in [0.25, 0.3) is 11.3 Å². The third-order valence-corrected chi connectivity index (χ3v) is 4.95. The highest BCUT2D eigenvalue weighted by molar-refractivity contribution is 5.67. The Labute approximate surface area is 169 Å². The van der Waals surface area contributed by atoms with Crippen LogP contribution in [-0.4, -0.2) is 61.9 Å². The van der Waals surface area contributed by atoms with Crippen molar-refractivity contribution in [1.29, 1.82) is 0 Å². The molecule has 8 heteroatoms. The molecule has 0 aliphatic carbocycles. The Morgan fingerprint density at radius 1 is 1.21 bits per heavy atom. The maximum absolute atomic E-state index is 12.5. The van der Waals surface area contributed by atoms with Gasteiger partial charge in [-0.05, 0) is 37.1 Å². The zero-order valence-electron chi connectivity index (χ0n) is 16.6. The fraction of sp³-hybridized carbons (Fsp3) is 0.524. The van der Waals surface area contributed by atoms with Gasteiger partial charge in [-0.15, -0.1) is 0 Å². The van der Waals surface area contributed by atoms with E-state index in [0.29, 0.717) is 58.7 Å². The molecule has 0 spiro atoms. The van der Waals surface area contributed by atoms with Crippen molar-refractivity contribution >= 4 is 0 Å². The van der Waals surface area contributed by atoms with Gasteiger partial charge in [-0.1, -0.05) is 0 Å². The number of benzene rings is 1. The van der Waals surface area contributed by atoms with Crippen molar-refractivity contribution in [1.82, 2.24) is 9.55 Å². The van der Waals surface area contributed by atoms with Crippen LogP contribution in [0.2, 0.25) is 0 Å². The summed E-state index contributed by atoms with van der Waals surface area (Å²) in [6.07, 6.45) is 0.605. The van der Waals surface area contributed by atoms with Gasteiger partial charge in [-0.2, -0.15) is 4.98 Å². The summed E-state index contributed by atoms with van der Waals surface area (Å²) in [4.78, 5) is 16.6. The van der Waals surface area contributed by atoms with Crippen LogP contribution in [0.3, 0.4) is 0 Å². The number of hydrogen-bond donors (Lipinski definition) is 0. The number of aryl methyl sites for hydroxylation is 1. The normalized spacial score (nSPS) is 18.0. The van der Waals surface area contributed by atoms with E-state index in [9.17, 15) is 4.79 Å². The molecular weight excluding hydrogens is 376 g/mol. The predicted molar refractivity (Wildman–Crippen MR) is 106 cm³/mol. The van der Waals surface area contributed by atoms with E-state index in [4.69, 9.17) is 23.7 Å². The minimum absolute atomic E-state index is 0.145. The summed E-state index contributed by atoms with van der Waals surface area (Å²) in [5, 5.41) is 0. The summed E-state index contributed by atoms with van der Waals surface area (Å²) in [7, 11) is 0. The van der Waals surface area contributed by atoms with Crippen molar-refractivity contribution in [2.45, 2.75) is 26.0 Å². The first kappa shape index (κ1) is 19.9. The van der Waals surface area contributed by atoms with E-state index in [0.717, 1.165) is 29.0 Å². The highest BCUT2D eigenvalue weighted by Crippen LogP contribution is 2.32. The molecule has 1 fully saturated rings. The van der Waals surface area contributed by atoms with Crippen LogP contribution in [0.5, 0.6) is 11.6 Å². The molecule has 1 saturated heterocycles. The largest absolute Gasteiger partial charge is 0.491 e. The molecule has 0 N–H and O–H groups in total. The second kappa shape index (κ2) is 9.39. The summed E-state index contributed by atoms with van der Waals surface area (Å²) >= 11 is 0. The average molecular weight is 402 g/mol. The number of ether oxygens (including phenoxy) is 5. The Balaban J connectivity index is 1.50. The maximum Gasteiger partial charge on any atom is 0.351 e. The first-order valence-corrected chi connectivity index (χ1v) is 10.0. The standard InChI is InChI=1S/C21H26N2O6/c1-2-25-7-9-27-16-3-4-18-15(11-16)5-6-23-19(18)12-20(22-21(23)24)29-14-17-13-26-8-10-28-17/h3-4,11-12,17H,2,5-10,13-14H2,1H3/t17-/m0/s1. The number of aromatic nitrogens is 2. The minimum atomic E-state index is -0.305. The van der Waals surface area contributed by atoms with Gasteiger partial charge in [0.25, 0.3) is 0 Å². The van der Waals surface area contributed by atoms with Gasteiger partial charge in [-0.3, -0.25) is 4.57 Å². The Bertz CT molecular complexity index is 891. The third-order valence-electron chi connectivity index (χ3n) is 4.95. The van der Waals surface area contributed by atoms with Crippen molar-refractivity contribution in [3.63, 3.8) is 0 Å². The zero-order chi connectivity index (χ0) is 20.1. The molecule has 1 aromatic heterocycles. The van der Waals surface area contributed by atoms with Crippen LogP contribution in [0.4, 0.5) is 0 Å². The van der Waals surface area contributed by atoms with Gasteiger partial charge >= 0.3 is 5.69 Å². The zero-order valence-corrected chi connectivity index (χ0v) is 16.6. The second-order valence-electron chi connectivity index (χ2n) is 6.91. The number of rotatable bonds is 8. The predicted octanol–water partition coefficient (Wildman–Crippen LogP) is 1.68. The Morgan fingerprint density at radius 2 is 2.14 bits per heavy atom. The van der Waals surface area contributed by atoms with E-state index < -0.39 is 0 Å². The topological polar surface area (TPSA) is 81.0 Å². The first-order chi connectivity index (χ1) is 14.2. The fourth-order valence-electron chi connectivity index (χ4n) is 3.52. The van der Waals surface area contributed by atoms with E-state index in [1.807, 2.05) is 31.2 Å². The molecule has 0 saturated carbocycles. The second-order valence-corrected chi connectivity index (χ2v) is 6.91. The summed E-state index contributed by atoms with van der Waals surface area (Å²) in [5.41, 5.74) is 2.64. The Kier molecular flexibility index (Phi) is 6.43. The summed E-state index contributed by atoms with van der Waals surface area (Å²) in [5.74, 6) is 1.11. The van der Waals surface area contributed by atoms with Crippen molar-refractivity contribution in [2.24, 2.45) is 0 Å². The molecule has 8 nitrogen and oxygen atoms in total. The van der Waals surface area contributed by atoms with Crippen LogP contribution in [-0.2, 0) is 27.2 Å². The molecule has 1 aromatic carbocycles. The van der Waals surface area contributed by atoms with Crippen molar-refractivity contribution in [2.75, 3.05) is 46.2 Å². The lowest BCUT2D eigenvalue weighted by atomic mass is 9.97. The molecule has 29 heavy (non-hydrogen) atoms. The quantitative estimate of drug-likeness (QED) is 0.622. The van der Waals surface area contributed by atoms with Gasteiger partial charge in [-0.25, -0.2) is 4.79 Å². The summed E-state index contributed by atoms with van der Waals surface area (Å²) in [6.45, 7) is 6.23. The van der Waals surface area contributed by atoms with Gasteiger partial charge in [0.15, 0.2) is 0 Å². The van der Waals surface area contributed by atoms with E-state index in [1.54, 1.807) is 4.57 Å². The lowest BCUT2D eigenvalue weighted by Gasteiger charge is -2.24. The van der Waals surface area contributed by atoms with Gasteiger partial charge in [0.2, 0.25) is 5.88 Å². The van der Waals surface area contributed by atoms with Gasteiger partial charge in [0.1, 0.15) is 25.1 Å². The number of hydrogen-bond acceptors (Lipinski definition) is 7. The molecular formula is C21H26N2O6. The van der Waals surface area contributed by atoms with Crippen LogP contribution in [0.15, 0.2) is 29.1 Å². The molecule has 2 aliphatic rings. The average Bonchev–Trinajstić information content (AvgIpc) is 2.76. The molecule has 0 radical (unpaired) electrons. The fourth-order valence-corrected chi connectivity index (χ4v) is 3.52. The minimum Gasteiger partial charge on any atom is -0.491 e. The molecule has 4 rings (SSSR count). The molecule has 0 amide bonds. The summed E-state index contributed by atoms with van der Waals surface area (Å²) in [6, 6.07) is 7.75. The van der Waals surface area contributed by atoms with Crippen LogP contribution < -0.4 is 15.2 Å². The molecule has 3 heterocycles. The van der Waals surface area contributed by atoms with Gasteiger partial charge < -0.3 is 23.7 Å². The van der Waals surface area contributed by atoms with E-state index >= 15 is 0 Å². The molecule has 2 aliphatic heterocycles. The van der Waals surface area contributed by atoms with E-state index in [-0.39, 0.29) is 11.8 Å². The number of fused-ring (bicyclic) bond motifs is 3. The summed E-state index contributed by atoms with van der Waals surface area (Å²) < 4.78 is 29.4. The molecule has 1 atom stereocenters. The first-order valence-electron chi connectivity index (χ1n) is 10.0. The van der Waals surface area contributed by atoms with Gasteiger partial charge in [0.05, 0.1) is 32.1 Å². The van der Waals surface area contributed by atoms with Crippen molar-refractivity contribution in [3.8, 4) is 22.9 Å². The van der Waals surface area contributed by atoms with E-state index in [2.05, 4.69) is 4.98 Å². The molecule has 2 aromatic rings. The number of nitrogens with zero attached hydrogens (tertiary/aromatic N) is 2. The lowest BCUT2D eigenvalue weighted by Crippen LogP contribution is -2.34. The highest BCUT2D eigenvalue weighted by atomic mass is 16.6. The van der Waals surface area contributed by atoms with Crippen LogP contribution >= 0.6 is 0 Å². The Morgan fingerprint density at radius 3 is 2.97 bits per heavy atom.